The first-order chi connectivity index (χ1) is 10.4. The molecule has 2 unspecified atom stereocenters. The third kappa shape index (κ3) is 3.47. The van der Waals surface area contributed by atoms with Crippen molar-refractivity contribution in [1.82, 2.24) is 9.59 Å². The van der Waals surface area contributed by atoms with Crippen LogP contribution >= 0.6 is 11.5 Å². The van der Waals surface area contributed by atoms with E-state index in [1.54, 1.807) is 26.0 Å². The number of nitrogens with zero attached hydrogens (tertiary/aromatic N) is 2. The standard InChI is InChI=1S/C15H15N3O3S.Na/c1-15(2)11(12(15)14(20)21)13(19)16-9-5-3-8(4-6-9)10-7-22-18-17-10;/h3-7,11-12H,1-2H3,(H,16,19)(H,20,21);/q;+1/p-1. The topological polar surface area (TPSA) is 95.0 Å². The summed E-state index contributed by atoms with van der Waals surface area (Å²) in [4.78, 5) is 23.2. The van der Waals surface area contributed by atoms with Gasteiger partial charge in [-0.3, -0.25) is 4.79 Å². The monoisotopic (exact) mass is 339 g/mol. The molecule has 1 heterocycles. The van der Waals surface area contributed by atoms with Gasteiger partial charge in [0, 0.05) is 28.5 Å². The molecule has 0 radical (unpaired) electrons. The maximum Gasteiger partial charge on any atom is 1.00 e. The molecule has 1 aromatic carbocycles. The summed E-state index contributed by atoms with van der Waals surface area (Å²) in [6.45, 7) is 3.52. The first kappa shape index (κ1) is 18.1. The van der Waals surface area contributed by atoms with E-state index in [1.165, 1.54) is 11.5 Å². The predicted molar refractivity (Wildman–Crippen MR) is 79.7 cm³/mol. The number of carbonyl (C=O) groups excluding carboxylic acids is 2. The average Bonchev–Trinajstić information content (AvgIpc) is 2.84. The fourth-order valence-electron chi connectivity index (χ4n) is 2.80. The molecule has 0 bridgehead atoms. The SMILES string of the molecule is CC1(C)C(C(=O)[O-])C1C(=O)Nc1ccc(-c2csnn2)cc1.[Na+]. The Morgan fingerprint density at radius 3 is 2.35 bits per heavy atom. The minimum Gasteiger partial charge on any atom is -0.550 e. The Bertz CT molecular complexity index is 716. The largest absolute Gasteiger partial charge is 1.00 e. The smallest absolute Gasteiger partial charge is 0.550 e. The summed E-state index contributed by atoms with van der Waals surface area (Å²) in [6, 6.07) is 7.19. The molecule has 2 atom stereocenters. The van der Waals surface area contributed by atoms with Crippen molar-refractivity contribution in [3.8, 4) is 11.3 Å². The first-order valence-corrected chi connectivity index (χ1v) is 7.64. The van der Waals surface area contributed by atoms with Gasteiger partial charge in [-0.1, -0.05) is 30.5 Å². The Kier molecular flexibility index (Phi) is 5.25. The predicted octanol–water partition coefficient (Wildman–Crippen LogP) is -1.83. The number of hydrogen-bond acceptors (Lipinski definition) is 6. The molecule has 0 spiro atoms. The van der Waals surface area contributed by atoms with Gasteiger partial charge in [0.05, 0.1) is 5.92 Å². The average molecular weight is 339 g/mol. The zero-order chi connectivity index (χ0) is 15.9. The number of carboxylic acid groups (broad SMARTS) is 1. The van der Waals surface area contributed by atoms with Crippen molar-refractivity contribution in [2.24, 2.45) is 17.3 Å². The number of carbonyl (C=O) groups is 2. The molecule has 1 aliphatic rings. The van der Waals surface area contributed by atoms with E-state index in [4.69, 9.17) is 0 Å². The summed E-state index contributed by atoms with van der Waals surface area (Å²) in [6.07, 6.45) is 0. The Balaban J connectivity index is 0.00000192. The Labute approximate surface area is 159 Å². The molecular weight excluding hydrogens is 325 g/mol. The van der Waals surface area contributed by atoms with Gasteiger partial charge in [-0.05, 0) is 29.1 Å². The van der Waals surface area contributed by atoms with Gasteiger partial charge in [-0.25, -0.2) is 0 Å². The molecule has 1 N–H and O–H groups in total. The molecule has 1 fully saturated rings. The van der Waals surface area contributed by atoms with E-state index in [2.05, 4.69) is 14.9 Å². The number of benzene rings is 1. The van der Waals surface area contributed by atoms with Crippen LogP contribution in [0.4, 0.5) is 5.69 Å². The molecule has 1 aliphatic carbocycles. The second kappa shape index (κ2) is 6.68. The fraction of sp³-hybridized carbons (Fsp3) is 0.333. The van der Waals surface area contributed by atoms with E-state index in [1.807, 2.05) is 17.5 Å². The summed E-state index contributed by atoms with van der Waals surface area (Å²) >= 11 is 1.27. The van der Waals surface area contributed by atoms with Crippen molar-refractivity contribution >= 4 is 29.1 Å². The van der Waals surface area contributed by atoms with E-state index >= 15 is 0 Å². The second-order valence-corrected chi connectivity index (χ2v) is 6.56. The van der Waals surface area contributed by atoms with E-state index in [0.29, 0.717) is 5.69 Å². The summed E-state index contributed by atoms with van der Waals surface area (Å²) in [5.74, 6) is -2.74. The molecule has 1 aromatic heterocycles. The molecule has 1 saturated carbocycles. The summed E-state index contributed by atoms with van der Waals surface area (Å²) < 4.78 is 3.80. The number of rotatable bonds is 4. The van der Waals surface area contributed by atoms with E-state index in [-0.39, 0.29) is 35.5 Å². The van der Waals surface area contributed by atoms with Crippen molar-refractivity contribution < 1.29 is 44.3 Å². The molecule has 0 saturated heterocycles. The van der Waals surface area contributed by atoms with Crippen molar-refractivity contribution in [3.63, 3.8) is 0 Å². The fourth-order valence-corrected chi connectivity index (χ4v) is 3.27. The van der Waals surface area contributed by atoms with Gasteiger partial charge < -0.3 is 15.2 Å². The van der Waals surface area contributed by atoms with Gasteiger partial charge in [-0.2, -0.15) is 0 Å². The van der Waals surface area contributed by atoms with Gasteiger partial charge >= 0.3 is 29.6 Å². The maximum absolute atomic E-state index is 12.2. The number of anilines is 1. The molecule has 1 amide bonds. The number of aromatic nitrogens is 2. The van der Waals surface area contributed by atoms with Crippen LogP contribution in [0.15, 0.2) is 29.6 Å². The number of amides is 1. The molecule has 6 nitrogen and oxygen atoms in total. The van der Waals surface area contributed by atoms with Crippen LogP contribution in [0.5, 0.6) is 0 Å². The summed E-state index contributed by atoms with van der Waals surface area (Å²) in [7, 11) is 0. The second-order valence-electron chi connectivity index (χ2n) is 5.95. The molecule has 8 heteroatoms. The molecule has 0 aliphatic heterocycles. The molecular formula is C15H14N3NaO3S. The van der Waals surface area contributed by atoms with Crippen LogP contribution in [0.25, 0.3) is 11.3 Å². The minimum atomic E-state index is -1.17. The number of aliphatic carboxylic acids is 1. The minimum absolute atomic E-state index is 0. The summed E-state index contributed by atoms with van der Waals surface area (Å²) in [5, 5.41) is 19.6. The Hall–Kier alpha value is -1.28. The molecule has 3 rings (SSSR count). The van der Waals surface area contributed by atoms with Crippen LogP contribution in [-0.4, -0.2) is 21.5 Å². The first-order valence-electron chi connectivity index (χ1n) is 6.80. The molecule has 23 heavy (non-hydrogen) atoms. The third-order valence-corrected chi connectivity index (χ3v) is 4.68. The van der Waals surface area contributed by atoms with Crippen molar-refractivity contribution in [2.75, 3.05) is 5.32 Å². The van der Waals surface area contributed by atoms with Crippen LogP contribution in [0.2, 0.25) is 0 Å². The van der Waals surface area contributed by atoms with Crippen LogP contribution in [0, 0.1) is 17.3 Å². The normalized spacial score (nSPS) is 21.1. The van der Waals surface area contributed by atoms with Crippen LogP contribution in [0.3, 0.4) is 0 Å². The van der Waals surface area contributed by atoms with Crippen LogP contribution in [-0.2, 0) is 9.59 Å². The van der Waals surface area contributed by atoms with Crippen molar-refractivity contribution in [3.05, 3.63) is 29.6 Å². The quantitative estimate of drug-likeness (QED) is 0.661. The van der Waals surface area contributed by atoms with Crippen molar-refractivity contribution in [1.29, 1.82) is 0 Å². The van der Waals surface area contributed by atoms with E-state index in [9.17, 15) is 14.7 Å². The Morgan fingerprint density at radius 1 is 1.22 bits per heavy atom. The number of hydrogen-bond donors (Lipinski definition) is 1. The van der Waals surface area contributed by atoms with Crippen LogP contribution in [0.1, 0.15) is 13.8 Å². The van der Waals surface area contributed by atoms with Crippen molar-refractivity contribution in [2.45, 2.75) is 13.8 Å². The third-order valence-electron chi connectivity index (χ3n) is 4.17. The zero-order valence-electron chi connectivity index (χ0n) is 13.1. The molecule has 114 valence electrons. The van der Waals surface area contributed by atoms with E-state index in [0.717, 1.165) is 11.3 Å². The van der Waals surface area contributed by atoms with Gasteiger partial charge in [0.2, 0.25) is 5.91 Å². The van der Waals surface area contributed by atoms with Crippen LogP contribution < -0.4 is 40.0 Å². The summed E-state index contributed by atoms with van der Waals surface area (Å²) in [5.41, 5.74) is 1.75. The van der Waals surface area contributed by atoms with Gasteiger partial charge in [0.15, 0.2) is 0 Å². The number of nitrogens with one attached hydrogen (secondary N) is 1. The van der Waals surface area contributed by atoms with Gasteiger partial charge in [0.25, 0.3) is 0 Å². The molecule has 2 aromatic rings. The van der Waals surface area contributed by atoms with E-state index < -0.39 is 23.2 Å². The maximum atomic E-state index is 12.2. The zero-order valence-corrected chi connectivity index (χ0v) is 15.9. The van der Waals surface area contributed by atoms with Gasteiger partial charge in [0.1, 0.15) is 5.69 Å². The Morgan fingerprint density at radius 2 is 1.87 bits per heavy atom. The van der Waals surface area contributed by atoms with Gasteiger partial charge in [-0.15, -0.1) is 5.10 Å². The number of carboxylic acids is 1.